The van der Waals surface area contributed by atoms with E-state index in [0.717, 1.165) is 16.8 Å². The number of hydrogen-bond acceptors (Lipinski definition) is 6. The molecule has 33 heavy (non-hydrogen) atoms. The molecule has 0 aliphatic carbocycles. The molecule has 1 fully saturated rings. The summed E-state index contributed by atoms with van der Waals surface area (Å²) in [5, 5.41) is 11.3. The van der Waals surface area contributed by atoms with Crippen molar-refractivity contribution in [1.82, 2.24) is 0 Å². The number of ether oxygens (including phenoxy) is 1. The van der Waals surface area contributed by atoms with E-state index in [-0.39, 0.29) is 11.3 Å². The van der Waals surface area contributed by atoms with Crippen LogP contribution in [-0.2, 0) is 9.59 Å². The molecule has 3 aromatic rings. The van der Waals surface area contributed by atoms with Gasteiger partial charge in [0.2, 0.25) is 0 Å². The van der Waals surface area contributed by atoms with Crippen LogP contribution in [0.1, 0.15) is 28.5 Å². The lowest BCUT2D eigenvalue weighted by molar-refractivity contribution is -0.132. The second-order valence-electron chi connectivity index (χ2n) is 8.36. The molecule has 2 aliphatic rings. The van der Waals surface area contributed by atoms with E-state index in [1.807, 2.05) is 37.9 Å². The van der Waals surface area contributed by atoms with Crippen LogP contribution in [0, 0.1) is 13.8 Å². The number of nitrogens with zero attached hydrogens (tertiary/aromatic N) is 2. The number of amides is 1. The Hall–Kier alpha value is -4.00. The number of aliphatic hydroxyl groups excluding tert-OH is 1. The van der Waals surface area contributed by atoms with Crippen LogP contribution in [0.3, 0.4) is 0 Å². The van der Waals surface area contributed by atoms with Crippen molar-refractivity contribution >= 4 is 28.8 Å². The number of benzene rings is 2. The summed E-state index contributed by atoms with van der Waals surface area (Å²) >= 11 is 0. The number of fused-ring (bicyclic) bond motifs is 1. The van der Waals surface area contributed by atoms with Crippen molar-refractivity contribution in [1.29, 1.82) is 0 Å². The van der Waals surface area contributed by atoms with Crippen LogP contribution in [0.5, 0.6) is 5.75 Å². The number of hydrogen-bond donors (Lipinski definition) is 1. The molecule has 0 bridgehead atoms. The van der Waals surface area contributed by atoms with Crippen molar-refractivity contribution in [2.75, 3.05) is 30.0 Å². The lowest BCUT2D eigenvalue weighted by atomic mass is 9.98. The van der Waals surface area contributed by atoms with E-state index >= 15 is 0 Å². The van der Waals surface area contributed by atoms with Gasteiger partial charge in [0, 0.05) is 18.3 Å². The topological polar surface area (TPSA) is 83.2 Å². The Balaban J connectivity index is 1.70. The Morgan fingerprint density at radius 2 is 1.88 bits per heavy atom. The SMILES string of the molecule is Cc1cccc(N2C(=O)C(=O)/C(=C(\O)c3ccc4c(c3)N(C)CCO4)C2c2ccco2)c1C. The van der Waals surface area contributed by atoms with E-state index in [2.05, 4.69) is 0 Å². The molecule has 1 N–H and O–H groups in total. The first-order chi connectivity index (χ1) is 15.9. The molecule has 1 aromatic heterocycles. The Bertz CT molecular complexity index is 1290. The van der Waals surface area contributed by atoms with Crippen molar-refractivity contribution in [2.45, 2.75) is 19.9 Å². The van der Waals surface area contributed by atoms with E-state index in [4.69, 9.17) is 9.15 Å². The quantitative estimate of drug-likeness (QED) is 0.367. The Labute approximate surface area is 191 Å². The van der Waals surface area contributed by atoms with E-state index in [9.17, 15) is 14.7 Å². The molecule has 168 valence electrons. The van der Waals surface area contributed by atoms with Gasteiger partial charge in [0.1, 0.15) is 29.9 Å². The van der Waals surface area contributed by atoms with Crippen LogP contribution < -0.4 is 14.5 Å². The number of ketones is 1. The van der Waals surface area contributed by atoms with Gasteiger partial charge in [-0.1, -0.05) is 12.1 Å². The first-order valence-corrected chi connectivity index (χ1v) is 10.8. The molecule has 2 aliphatic heterocycles. The monoisotopic (exact) mass is 444 g/mol. The lowest BCUT2D eigenvalue weighted by Gasteiger charge is -2.28. The highest BCUT2D eigenvalue weighted by molar-refractivity contribution is 6.51. The second kappa shape index (κ2) is 7.85. The molecular weight excluding hydrogens is 420 g/mol. The van der Waals surface area contributed by atoms with Crippen LogP contribution in [0.25, 0.3) is 5.76 Å². The largest absolute Gasteiger partial charge is 0.507 e. The van der Waals surface area contributed by atoms with Crippen LogP contribution in [0.2, 0.25) is 0 Å². The Morgan fingerprint density at radius 1 is 1.06 bits per heavy atom. The van der Waals surface area contributed by atoms with Gasteiger partial charge in [0.15, 0.2) is 0 Å². The fourth-order valence-corrected chi connectivity index (χ4v) is 4.45. The van der Waals surface area contributed by atoms with Crippen LogP contribution >= 0.6 is 0 Å². The number of aryl methyl sites for hydroxylation is 1. The number of furan rings is 1. The minimum absolute atomic E-state index is 0.00446. The highest BCUT2D eigenvalue weighted by Gasteiger charge is 2.48. The molecule has 0 saturated carbocycles. The third kappa shape index (κ3) is 3.28. The highest BCUT2D eigenvalue weighted by atomic mass is 16.5. The minimum Gasteiger partial charge on any atom is -0.507 e. The van der Waals surface area contributed by atoms with Gasteiger partial charge in [-0.3, -0.25) is 14.5 Å². The number of Topliss-reactive ketones (excluding diaryl/α,β-unsaturated/α-hetero) is 1. The number of carbonyl (C=O) groups is 2. The first kappa shape index (κ1) is 20.9. The summed E-state index contributed by atoms with van der Waals surface area (Å²) in [4.78, 5) is 30.0. The van der Waals surface area contributed by atoms with Gasteiger partial charge in [-0.15, -0.1) is 0 Å². The maximum Gasteiger partial charge on any atom is 0.300 e. The van der Waals surface area contributed by atoms with E-state index in [1.54, 1.807) is 36.4 Å². The summed E-state index contributed by atoms with van der Waals surface area (Å²) in [6.45, 7) is 5.14. The zero-order valence-corrected chi connectivity index (χ0v) is 18.7. The Morgan fingerprint density at radius 3 is 2.64 bits per heavy atom. The van der Waals surface area contributed by atoms with Crippen molar-refractivity contribution in [3.63, 3.8) is 0 Å². The van der Waals surface area contributed by atoms with Gasteiger partial charge < -0.3 is 19.2 Å². The molecule has 1 saturated heterocycles. The minimum atomic E-state index is -0.884. The van der Waals surface area contributed by atoms with Crippen molar-refractivity contribution < 1.29 is 23.8 Å². The third-order valence-corrected chi connectivity index (χ3v) is 6.42. The number of anilines is 2. The van der Waals surface area contributed by atoms with Crippen LogP contribution in [-0.4, -0.2) is 37.0 Å². The van der Waals surface area contributed by atoms with E-state index < -0.39 is 17.7 Å². The smallest absolute Gasteiger partial charge is 0.300 e. The van der Waals surface area contributed by atoms with Gasteiger partial charge in [0.25, 0.3) is 11.7 Å². The molecule has 3 heterocycles. The van der Waals surface area contributed by atoms with E-state index in [0.29, 0.717) is 35.9 Å². The molecule has 5 rings (SSSR count). The molecule has 2 aromatic carbocycles. The normalized spacial score (nSPS) is 19.5. The summed E-state index contributed by atoms with van der Waals surface area (Å²) in [6.07, 6.45) is 1.49. The zero-order chi connectivity index (χ0) is 23.3. The average molecular weight is 444 g/mol. The summed E-state index contributed by atoms with van der Waals surface area (Å²) in [5.41, 5.74) is 3.71. The second-order valence-corrected chi connectivity index (χ2v) is 8.36. The predicted molar refractivity (Wildman–Crippen MR) is 125 cm³/mol. The highest BCUT2D eigenvalue weighted by Crippen LogP contribution is 2.44. The van der Waals surface area contributed by atoms with Gasteiger partial charge >= 0.3 is 0 Å². The summed E-state index contributed by atoms with van der Waals surface area (Å²) < 4.78 is 11.3. The number of aliphatic hydroxyl groups is 1. The van der Waals surface area contributed by atoms with Gasteiger partial charge in [0.05, 0.1) is 24.1 Å². The maximum absolute atomic E-state index is 13.3. The molecule has 0 radical (unpaired) electrons. The Kier molecular flexibility index (Phi) is 4.96. The lowest BCUT2D eigenvalue weighted by Crippen LogP contribution is -2.30. The number of rotatable bonds is 3. The van der Waals surface area contributed by atoms with Crippen LogP contribution in [0.15, 0.2) is 64.8 Å². The molecule has 1 atom stereocenters. The number of carbonyl (C=O) groups excluding carboxylic acids is 2. The molecule has 0 spiro atoms. The fraction of sp³-hybridized carbons (Fsp3) is 0.231. The maximum atomic E-state index is 13.3. The van der Waals surface area contributed by atoms with Crippen molar-refractivity contribution in [3.05, 3.63) is 82.8 Å². The van der Waals surface area contributed by atoms with Crippen molar-refractivity contribution in [3.8, 4) is 5.75 Å². The number of likely N-dealkylation sites (N-methyl/N-ethyl adjacent to an activating group) is 1. The molecule has 1 amide bonds. The van der Waals surface area contributed by atoms with Crippen molar-refractivity contribution in [2.24, 2.45) is 0 Å². The average Bonchev–Trinajstić information content (AvgIpc) is 3.43. The van der Waals surface area contributed by atoms with E-state index in [1.165, 1.54) is 11.2 Å². The first-order valence-electron chi connectivity index (χ1n) is 10.8. The standard InChI is InChI=1S/C26H24N2O5/c1-15-6-4-7-18(16(15)2)28-23(21-8-5-12-32-21)22(25(30)26(28)31)24(29)17-9-10-20-19(14-17)27(3)11-13-33-20/h4-10,12,14,23,29H,11,13H2,1-3H3/b24-22-. The summed E-state index contributed by atoms with van der Waals surface area (Å²) in [6, 6.07) is 13.3. The fourth-order valence-electron chi connectivity index (χ4n) is 4.45. The molecule has 7 nitrogen and oxygen atoms in total. The van der Waals surface area contributed by atoms with Gasteiger partial charge in [-0.2, -0.15) is 0 Å². The molecule has 1 unspecified atom stereocenters. The summed E-state index contributed by atoms with van der Waals surface area (Å²) in [7, 11) is 1.94. The predicted octanol–water partition coefficient (Wildman–Crippen LogP) is 4.35. The molecular formula is C26H24N2O5. The van der Waals surface area contributed by atoms with Gasteiger partial charge in [-0.05, 0) is 61.4 Å². The third-order valence-electron chi connectivity index (χ3n) is 6.42. The van der Waals surface area contributed by atoms with Gasteiger partial charge in [-0.25, -0.2) is 0 Å². The molecule has 7 heteroatoms. The summed E-state index contributed by atoms with van der Waals surface area (Å²) in [5.74, 6) is -0.597. The van der Waals surface area contributed by atoms with Crippen LogP contribution in [0.4, 0.5) is 11.4 Å². The zero-order valence-electron chi connectivity index (χ0n) is 18.7.